The van der Waals surface area contributed by atoms with E-state index in [1.165, 1.54) is 30.9 Å². The number of carbonyl (C=O) groups excluding carboxylic acids is 4. The lowest BCUT2D eigenvalue weighted by Gasteiger charge is -2.35. The highest BCUT2D eigenvalue weighted by atomic mass is 16.5. The van der Waals surface area contributed by atoms with E-state index in [-0.39, 0.29) is 41.3 Å². The van der Waals surface area contributed by atoms with E-state index in [1.807, 2.05) is 49.9 Å². The minimum Gasteiger partial charge on any atom is -0.453 e. The van der Waals surface area contributed by atoms with Gasteiger partial charge in [0, 0.05) is 24.2 Å². The fourth-order valence-corrected chi connectivity index (χ4v) is 10.5. The Morgan fingerprint density at radius 3 is 1.73 bits per heavy atom. The maximum absolute atomic E-state index is 13.8. The van der Waals surface area contributed by atoms with Crippen LogP contribution in [-0.2, 0) is 31.0 Å². The summed E-state index contributed by atoms with van der Waals surface area (Å²) in [5, 5.41) is 5.47. The zero-order valence-corrected chi connectivity index (χ0v) is 37.0. The van der Waals surface area contributed by atoms with Crippen LogP contribution in [0.3, 0.4) is 0 Å². The lowest BCUT2D eigenvalue weighted by atomic mass is 9.82. The standard InChI is InChI=1S/C47H61N9O6/c1-27(2)39(52-45(59)61-6)43(57)55-23-8-11-36(55)41-48-25-34(50-41)30-15-13-29(14-16-30)31-17-18-32(33-19-21-47(38(31)33)20-10-22-54(47)5)35-26-49-42(51-35)37-12-9-24-56(37)44(58)40(28(3)4)53-46(60)62-7/h13-18,25-28,36-37,39-40H,8-12,19-24H2,1-7H3,(H,48,50)(H,49,51)(H,52,59)(H,53,60)/t36-,37-,39-,40-,47?/m0/s1. The number of alkyl carbamates (subject to hydrolysis) is 2. The summed E-state index contributed by atoms with van der Waals surface area (Å²) in [5.41, 5.74) is 9.02. The first-order valence-corrected chi connectivity index (χ1v) is 22.2. The number of nitrogens with zero attached hydrogens (tertiary/aromatic N) is 5. The van der Waals surface area contributed by atoms with Crippen molar-refractivity contribution in [1.29, 1.82) is 0 Å². The number of aromatic amines is 2. The van der Waals surface area contributed by atoms with Crippen LogP contribution in [0.4, 0.5) is 9.59 Å². The lowest BCUT2D eigenvalue weighted by Crippen LogP contribution is -2.51. The van der Waals surface area contributed by atoms with E-state index in [9.17, 15) is 19.2 Å². The van der Waals surface area contributed by atoms with Crippen molar-refractivity contribution in [3.05, 3.63) is 71.6 Å². The zero-order valence-electron chi connectivity index (χ0n) is 37.0. The Morgan fingerprint density at radius 1 is 0.694 bits per heavy atom. The van der Waals surface area contributed by atoms with Gasteiger partial charge in [0.2, 0.25) is 11.8 Å². The first kappa shape index (κ1) is 43.0. The number of rotatable bonds is 11. The van der Waals surface area contributed by atoms with Crippen molar-refractivity contribution in [2.24, 2.45) is 11.8 Å². The van der Waals surface area contributed by atoms with Gasteiger partial charge in [-0.05, 0) is 105 Å². The molecule has 8 rings (SSSR count). The fourth-order valence-electron chi connectivity index (χ4n) is 10.5. The Kier molecular flexibility index (Phi) is 12.2. The number of fused-ring (bicyclic) bond motifs is 2. The lowest BCUT2D eigenvalue weighted by molar-refractivity contribution is -0.136. The minimum atomic E-state index is -0.694. The Bertz CT molecular complexity index is 2300. The highest BCUT2D eigenvalue weighted by Crippen LogP contribution is 2.53. The van der Waals surface area contributed by atoms with Gasteiger partial charge in [0.15, 0.2) is 0 Å². The molecule has 2 aromatic carbocycles. The summed E-state index contributed by atoms with van der Waals surface area (Å²) < 4.78 is 9.62. The number of hydrogen-bond donors (Lipinski definition) is 4. The largest absolute Gasteiger partial charge is 0.453 e. The molecular weight excluding hydrogens is 787 g/mol. The van der Waals surface area contributed by atoms with Crippen LogP contribution >= 0.6 is 0 Å². The molecule has 0 saturated carbocycles. The normalized spacial score (nSPS) is 22.1. The van der Waals surface area contributed by atoms with E-state index in [1.54, 1.807) is 0 Å². The van der Waals surface area contributed by atoms with Crippen LogP contribution in [0.5, 0.6) is 0 Å². The molecule has 1 aliphatic carbocycles. The Morgan fingerprint density at radius 2 is 1.21 bits per heavy atom. The molecule has 3 fully saturated rings. The third-order valence-corrected chi connectivity index (χ3v) is 13.9. The highest BCUT2D eigenvalue weighted by molar-refractivity contribution is 5.87. The molecule has 330 valence electrons. The number of amides is 4. The Balaban J connectivity index is 1.05. The molecule has 1 spiro atoms. The smallest absolute Gasteiger partial charge is 0.407 e. The van der Waals surface area contributed by atoms with E-state index in [2.05, 4.69) is 68.9 Å². The average molecular weight is 848 g/mol. The number of carbonyl (C=O) groups is 4. The molecule has 2 aromatic heterocycles. The number of methoxy groups -OCH3 is 2. The molecular formula is C47H61N9O6. The second kappa shape index (κ2) is 17.6. The molecule has 4 aromatic rings. The summed E-state index contributed by atoms with van der Waals surface area (Å²) in [4.78, 5) is 74.8. The van der Waals surface area contributed by atoms with Gasteiger partial charge in [0.05, 0.1) is 50.1 Å². The van der Waals surface area contributed by atoms with Gasteiger partial charge in [-0.3, -0.25) is 14.5 Å². The van der Waals surface area contributed by atoms with Crippen molar-refractivity contribution in [3.8, 4) is 33.6 Å². The van der Waals surface area contributed by atoms with Crippen molar-refractivity contribution >= 4 is 24.0 Å². The maximum Gasteiger partial charge on any atom is 0.407 e. The summed E-state index contributed by atoms with van der Waals surface area (Å²) in [5.74, 6) is 1.02. The molecule has 5 heterocycles. The Hall–Kier alpha value is -5.70. The molecule has 3 aliphatic heterocycles. The van der Waals surface area contributed by atoms with E-state index in [0.717, 1.165) is 97.6 Å². The quantitative estimate of drug-likeness (QED) is 0.123. The van der Waals surface area contributed by atoms with Crippen LogP contribution in [0.25, 0.3) is 33.6 Å². The van der Waals surface area contributed by atoms with E-state index in [0.29, 0.717) is 13.1 Å². The Labute approximate surface area is 363 Å². The highest BCUT2D eigenvalue weighted by Gasteiger charge is 2.47. The van der Waals surface area contributed by atoms with Gasteiger partial charge in [-0.1, -0.05) is 64.1 Å². The van der Waals surface area contributed by atoms with Crippen LogP contribution in [0.1, 0.15) is 108 Å². The van der Waals surface area contributed by atoms with Crippen molar-refractivity contribution in [2.45, 2.75) is 109 Å². The van der Waals surface area contributed by atoms with E-state index < -0.39 is 24.3 Å². The van der Waals surface area contributed by atoms with Crippen molar-refractivity contribution in [2.75, 3.05) is 40.9 Å². The molecule has 0 radical (unpaired) electrons. The van der Waals surface area contributed by atoms with Gasteiger partial charge < -0.3 is 39.9 Å². The van der Waals surface area contributed by atoms with Crippen LogP contribution in [0, 0.1) is 11.8 Å². The summed E-state index contributed by atoms with van der Waals surface area (Å²) in [6.45, 7) is 9.92. The summed E-state index contributed by atoms with van der Waals surface area (Å²) in [6.07, 6.45) is 10.0. The number of ether oxygens (including phenoxy) is 2. The third-order valence-electron chi connectivity index (χ3n) is 13.9. The molecule has 3 saturated heterocycles. The van der Waals surface area contributed by atoms with Crippen LogP contribution in [0.15, 0.2) is 48.8 Å². The number of likely N-dealkylation sites (tertiary alicyclic amines) is 3. The maximum atomic E-state index is 13.8. The number of H-pyrrole nitrogens is 2. The second-order valence-electron chi connectivity index (χ2n) is 18.1. The van der Waals surface area contributed by atoms with Gasteiger partial charge in [-0.25, -0.2) is 19.6 Å². The molecule has 15 nitrogen and oxygen atoms in total. The fraction of sp³-hybridized carbons (Fsp3) is 0.532. The average Bonchev–Trinajstić information content (AvgIpc) is 4.13. The van der Waals surface area contributed by atoms with Gasteiger partial charge >= 0.3 is 12.2 Å². The van der Waals surface area contributed by atoms with Gasteiger partial charge in [0.25, 0.3) is 0 Å². The molecule has 4 aliphatic rings. The van der Waals surface area contributed by atoms with Gasteiger partial charge in [-0.15, -0.1) is 0 Å². The van der Waals surface area contributed by atoms with Crippen molar-refractivity contribution < 1.29 is 28.7 Å². The predicted octanol–water partition coefficient (Wildman–Crippen LogP) is 7.09. The molecule has 15 heteroatoms. The minimum absolute atomic E-state index is 0.0564. The number of imidazole rings is 2. The number of nitrogens with one attached hydrogen (secondary N) is 4. The summed E-state index contributed by atoms with van der Waals surface area (Å²) in [6, 6.07) is 11.3. The molecule has 5 atom stereocenters. The molecule has 1 unspecified atom stereocenters. The monoisotopic (exact) mass is 847 g/mol. The predicted molar refractivity (Wildman–Crippen MR) is 235 cm³/mol. The first-order valence-electron chi connectivity index (χ1n) is 22.2. The topological polar surface area (TPSA) is 178 Å². The van der Waals surface area contributed by atoms with Gasteiger partial charge in [-0.2, -0.15) is 0 Å². The van der Waals surface area contributed by atoms with E-state index >= 15 is 0 Å². The molecule has 0 bridgehead atoms. The summed E-state index contributed by atoms with van der Waals surface area (Å²) in [7, 11) is 4.86. The van der Waals surface area contributed by atoms with Crippen molar-refractivity contribution in [3.63, 3.8) is 0 Å². The SMILES string of the molecule is COC(=O)N[C@H](C(=O)N1CCC[C@H]1c1ncc(-c2ccc(-c3ccc(-c4cnc([C@@H]5CCCN5C(=O)[C@@H](NC(=O)OC)C(C)C)[nH]4)c4c3C3(CCCN3C)CC4)cc2)[nH]1)C(C)C. The van der Waals surface area contributed by atoms with E-state index in [4.69, 9.17) is 19.4 Å². The number of hydrogen-bond acceptors (Lipinski definition) is 9. The molecule has 62 heavy (non-hydrogen) atoms. The zero-order chi connectivity index (χ0) is 43.9. The molecule has 4 amide bonds. The van der Waals surface area contributed by atoms with Crippen molar-refractivity contribution in [1.82, 2.24) is 45.3 Å². The van der Waals surface area contributed by atoms with Gasteiger partial charge in [0.1, 0.15) is 23.7 Å². The third kappa shape index (κ3) is 7.84. The van der Waals surface area contributed by atoms with Crippen LogP contribution in [-0.4, -0.2) is 112 Å². The number of aromatic nitrogens is 4. The first-order chi connectivity index (χ1) is 29.8. The second-order valence-corrected chi connectivity index (χ2v) is 18.1. The molecule has 4 N–H and O–H groups in total. The van der Waals surface area contributed by atoms with Crippen LogP contribution in [0.2, 0.25) is 0 Å². The number of benzene rings is 2. The van der Waals surface area contributed by atoms with Crippen LogP contribution < -0.4 is 10.6 Å². The summed E-state index contributed by atoms with van der Waals surface area (Å²) >= 11 is 0.